The molecule has 100 valence electrons. The van der Waals surface area contributed by atoms with Gasteiger partial charge in [-0.1, -0.05) is 11.6 Å². The summed E-state index contributed by atoms with van der Waals surface area (Å²) in [5, 5.41) is 0.323. The fourth-order valence-electron chi connectivity index (χ4n) is 1.73. The van der Waals surface area contributed by atoms with Gasteiger partial charge in [0.05, 0.1) is 27.2 Å². The van der Waals surface area contributed by atoms with E-state index in [2.05, 4.69) is 20.9 Å². The van der Waals surface area contributed by atoms with Crippen molar-refractivity contribution in [2.75, 3.05) is 19.5 Å². The molecule has 0 aromatic carbocycles. The maximum absolute atomic E-state index is 12.1. The standard InChI is InChI=1S/C10H12BrClN2O2S2/c1-16-3-7-10(13)14-6(4-18(7)15)9-5(12)2-8(11)17-9/h2,6-7H,3-4H2,1H3,(H2,13,14). The summed E-state index contributed by atoms with van der Waals surface area (Å²) in [6, 6.07) is 1.60. The summed E-state index contributed by atoms with van der Waals surface area (Å²) in [6.45, 7) is 0.330. The monoisotopic (exact) mass is 370 g/mol. The topological polar surface area (TPSA) is 64.7 Å². The molecule has 0 fully saturated rings. The molecule has 2 heterocycles. The average molecular weight is 372 g/mol. The molecule has 18 heavy (non-hydrogen) atoms. The number of thiophene rings is 1. The van der Waals surface area contributed by atoms with Gasteiger partial charge in [-0.25, -0.2) is 0 Å². The van der Waals surface area contributed by atoms with Gasteiger partial charge in [-0.2, -0.15) is 0 Å². The van der Waals surface area contributed by atoms with Crippen molar-refractivity contribution < 1.29 is 8.95 Å². The van der Waals surface area contributed by atoms with Gasteiger partial charge in [-0.3, -0.25) is 9.20 Å². The summed E-state index contributed by atoms with van der Waals surface area (Å²) in [4.78, 5) is 5.30. The van der Waals surface area contributed by atoms with E-state index in [9.17, 15) is 4.21 Å². The Balaban J connectivity index is 2.28. The molecule has 8 heteroatoms. The lowest BCUT2D eigenvalue weighted by atomic mass is 10.2. The highest BCUT2D eigenvalue weighted by Gasteiger charge is 2.31. The van der Waals surface area contributed by atoms with Crippen LogP contribution >= 0.6 is 38.9 Å². The molecule has 1 aliphatic heterocycles. The van der Waals surface area contributed by atoms with Crippen molar-refractivity contribution in [2.45, 2.75) is 11.3 Å². The number of nitrogens with two attached hydrogens (primary N) is 1. The Morgan fingerprint density at radius 2 is 2.50 bits per heavy atom. The van der Waals surface area contributed by atoms with Crippen LogP contribution in [0.25, 0.3) is 0 Å². The van der Waals surface area contributed by atoms with Gasteiger partial charge >= 0.3 is 0 Å². The molecular weight excluding hydrogens is 360 g/mol. The van der Waals surface area contributed by atoms with E-state index in [0.717, 1.165) is 8.66 Å². The third-order valence-corrected chi connectivity index (χ3v) is 6.40. The van der Waals surface area contributed by atoms with Gasteiger partial charge in [0.1, 0.15) is 11.1 Å². The number of ether oxygens (including phenoxy) is 1. The van der Waals surface area contributed by atoms with Crippen LogP contribution in [0, 0.1) is 0 Å². The van der Waals surface area contributed by atoms with Crippen LogP contribution in [-0.2, 0) is 15.5 Å². The Morgan fingerprint density at radius 1 is 1.78 bits per heavy atom. The van der Waals surface area contributed by atoms with E-state index in [1.165, 1.54) is 11.3 Å². The van der Waals surface area contributed by atoms with E-state index in [0.29, 0.717) is 23.2 Å². The highest BCUT2D eigenvalue weighted by atomic mass is 79.9. The molecular formula is C10H12BrClN2O2S2. The van der Waals surface area contributed by atoms with Crippen molar-refractivity contribution in [1.29, 1.82) is 0 Å². The molecule has 3 unspecified atom stereocenters. The summed E-state index contributed by atoms with van der Waals surface area (Å²) in [5.74, 6) is 0.813. The van der Waals surface area contributed by atoms with Gasteiger partial charge in [0.15, 0.2) is 0 Å². The maximum Gasteiger partial charge on any atom is 0.115 e. The zero-order valence-electron chi connectivity index (χ0n) is 9.56. The number of rotatable bonds is 3. The second-order valence-electron chi connectivity index (χ2n) is 3.82. The van der Waals surface area contributed by atoms with Crippen LogP contribution in [0.1, 0.15) is 10.9 Å². The first-order chi connectivity index (χ1) is 8.52. The molecule has 0 amide bonds. The SMILES string of the molecule is COCC1C(N)=NC(c2sc(Br)cc2Cl)CS1=O. The molecule has 1 aliphatic rings. The van der Waals surface area contributed by atoms with Crippen LogP contribution < -0.4 is 5.73 Å². The summed E-state index contributed by atoms with van der Waals surface area (Å²) in [5.41, 5.74) is 5.87. The largest absolute Gasteiger partial charge is 0.386 e. The van der Waals surface area contributed by atoms with E-state index >= 15 is 0 Å². The lowest BCUT2D eigenvalue weighted by molar-refractivity contribution is 0.209. The second-order valence-corrected chi connectivity index (χ2v) is 8.36. The van der Waals surface area contributed by atoms with E-state index < -0.39 is 10.8 Å². The minimum atomic E-state index is -1.09. The lowest BCUT2D eigenvalue weighted by Gasteiger charge is -2.24. The van der Waals surface area contributed by atoms with Crippen molar-refractivity contribution >= 4 is 55.5 Å². The number of aliphatic imine (C=N–C) groups is 1. The van der Waals surface area contributed by atoms with Crippen molar-refractivity contribution in [2.24, 2.45) is 10.7 Å². The van der Waals surface area contributed by atoms with E-state index in [4.69, 9.17) is 22.1 Å². The van der Waals surface area contributed by atoms with Gasteiger partial charge in [0.2, 0.25) is 0 Å². The highest BCUT2D eigenvalue weighted by Crippen LogP contribution is 2.38. The zero-order chi connectivity index (χ0) is 13.3. The van der Waals surface area contributed by atoms with E-state index in [-0.39, 0.29) is 11.3 Å². The quantitative estimate of drug-likeness (QED) is 0.887. The minimum Gasteiger partial charge on any atom is -0.386 e. The first-order valence-electron chi connectivity index (χ1n) is 5.17. The molecule has 0 bridgehead atoms. The van der Waals surface area contributed by atoms with Crippen LogP contribution in [0.4, 0.5) is 0 Å². The average Bonchev–Trinajstić information content (AvgIpc) is 2.63. The first kappa shape index (κ1) is 14.5. The summed E-state index contributed by atoms with van der Waals surface area (Å²) in [7, 11) is 0.474. The van der Waals surface area contributed by atoms with E-state index in [1.54, 1.807) is 7.11 Å². The molecule has 3 atom stereocenters. The van der Waals surface area contributed by atoms with Crippen molar-refractivity contribution in [1.82, 2.24) is 0 Å². The van der Waals surface area contributed by atoms with Gasteiger partial charge < -0.3 is 10.5 Å². The predicted octanol–water partition coefficient (Wildman–Crippen LogP) is 2.34. The number of nitrogens with zero attached hydrogens (tertiary/aromatic N) is 1. The van der Waals surface area contributed by atoms with Crippen LogP contribution in [0.3, 0.4) is 0 Å². The fraction of sp³-hybridized carbons (Fsp3) is 0.500. The van der Waals surface area contributed by atoms with Gasteiger partial charge in [-0.15, -0.1) is 11.3 Å². The summed E-state index contributed by atoms with van der Waals surface area (Å²) >= 11 is 11.0. The number of hydrogen-bond acceptors (Lipinski definition) is 5. The van der Waals surface area contributed by atoms with E-state index in [1.807, 2.05) is 6.07 Å². The van der Waals surface area contributed by atoms with Crippen LogP contribution in [-0.4, -0.2) is 34.8 Å². The van der Waals surface area contributed by atoms with Gasteiger partial charge in [0.25, 0.3) is 0 Å². The number of methoxy groups -OCH3 is 1. The number of hydrogen-bond donors (Lipinski definition) is 1. The van der Waals surface area contributed by atoms with Gasteiger partial charge in [-0.05, 0) is 22.0 Å². The highest BCUT2D eigenvalue weighted by molar-refractivity contribution is 9.11. The first-order valence-corrected chi connectivity index (χ1v) is 8.54. The Kier molecular flexibility index (Phi) is 4.82. The fourth-order valence-corrected chi connectivity index (χ4v) is 5.36. The van der Waals surface area contributed by atoms with Crippen LogP contribution in [0.5, 0.6) is 0 Å². The normalized spacial score (nSPS) is 28.2. The molecule has 4 nitrogen and oxygen atoms in total. The molecule has 1 aromatic heterocycles. The number of amidine groups is 1. The third kappa shape index (κ3) is 2.96. The molecule has 0 saturated carbocycles. The molecule has 1 aromatic rings. The summed E-state index contributed by atoms with van der Waals surface area (Å²) in [6.07, 6.45) is 0. The molecule has 0 spiro atoms. The molecule has 2 rings (SSSR count). The predicted molar refractivity (Wildman–Crippen MR) is 80.1 cm³/mol. The Bertz CT molecular complexity index is 506. The lowest BCUT2D eigenvalue weighted by Crippen LogP contribution is -2.42. The minimum absolute atomic E-state index is 0.220. The molecule has 0 radical (unpaired) electrons. The number of halogens is 2. The van der Waals surface area contributed by atoms with Crippen LogP contribution in [0.15, 0.2) is 14.8 Å². The Hall–Kier alpha value is 0.0500. The molecule has 0 saturated heterocycles. The van der Waals surface area contributed by atoms with Gasteiger partial charge in [0, 0.05) is 22.8 Å². The van der Waals surface area contributed by atoms with Crippen molar-refractivity contribution in [3.63, 3.8) is 0 Å². The summed E-state index contributed by atoms with van der Waals surface area (Å²) < 4.78 is 18.1. The van der Waals surface area contributed by atoms with Crippen LogP contribution in [0.2, 0.25) is 5.02 Å². The second kappa shape index (κ2) is 6.00. The van der Waals surface area contributed by atoms with Crippen molar-refractivity contribution in [3.8, 4) is 0 Å². The molecule has 2 N–H and O–H groups in total. The Morgan fingerprint density at radius 3 is 3.00 bits per heavy atom. The Labute approximate surface area is 125 Å². The maximum atomic E-state index is 12.1. The smallest absolute Gasteiger partial charge is 0.115 e. The third-order valence-electron chi connectivity index (χ3n) is 2.58. The zero-order valence-corrected chi connectivity index (χ0v) is 13.5. The van der Waals surface area contributed by atoms with Crippen molar-refractivity contribution in [3.05, 3.63) is 19.8 Å². The molecule has 0 aliphatic carbocycles.